The number of hydrogen-bond donors (Lipinski definition) is 1. The van der Waals surface area contributed by atoms with Crippen LogP contribution in [0.2, 0.25) is 0 Å². The minimum Gasteiger partial charge on any atom is -0.460 e. The Morgan fingerprint density at radius 3 is 2.78 bits per heavy atom. The highest BCUT2D eigenvalue weighted by Crippen LogP contribution is 2.39. The fourth-order valence-electron chi connectivity index (χ4n) is 2.46. The van der Waals surface area contributed by atoms with Crippen LogP contribution in [0.5, 0.6) is 5.88 Å². The molecule has 6 nitrogen and oxygen atoms in total. The minimum absolute atomic E-state index is 0.445. The van der Waals surface area contributed by atoms with Crippen molar-refractivity contribution in [3.8, 4) is 17.1 Å². The van der Waals surface area contributed by atoms with E-state index in [1.54, 1.807) is 0 Å². The van der Waals surface area contributed by atoms with Gasteiger partial charge >= 0.3 is 0 Å². The maximum Gasteiger partial charge on any atom is 0.247 e. The lowest BCUT2D eigenvalue weighted by Crippen LogP contribution is -2.16. The standard InChI is InChI=1S/C16H14N4O2S/c1-9-7-8-12(21-9)14-17-11-6-4-3-5-10(11)13-15(22-14)18-16(23-2)20-19-13/h3-8,14,17H,1-2H3/t14-/m1/s1. The second-order valence-corrected chi connectivity index (χ2v) is 5.86. The second-order valence-electron chi connectivity index (χ2n) is 5.09. The molecule has 1 aliphatic heterocycles. The van der Waals surface area contributed by atoms with E-state index in [4.69, 9.17) is 9.15 Å². The molecule has 0 fully saturated rings. The van der Waals surface area contributed by atoms with Gasteiger partial charge in [0.05, 0.1) is 0 Å². The Hall–Kier alpha value is -2.54. The third-order valence-electron chi connectivity index (χ3n) is 3.54. The molecule has 0 saturated heterocycles. The zero-order chi connectivity index (χ0) is 15.8. The third-order valence-corrected chi connectivity index (χ3v) is 4.07. The first-order valence-electron chi connectivity index (χ1n) is 7.12. The van der Waals surface area contributed by atoms with Gasteiger partial charge in [-0.05, 0) is 31.4 Å². The van der Waals surface area contributed by atoms with Gasteiger partial charge in [0.15, 0.2) is 11.5 Å². The van der Waals surface area contributed by atoms with Crippen LogP contribution in [0.4, 0.5) is 5.69 Å². The molecule has 0 spiro atoms. The SMILES string of the molecule is CSc1nnc2c(n1)O[C@H](c1ccc(C)o1)Nc1ccccc1-2. The first-order valence-corrected chi connectivity index (χ1v) is 8.35. The largest absolute Gasteiger partial charge is 0.460 e. The lowest BCUT2D eigenvalue weighted by Gasteiger charge is -2.16. The van der Waals surface area contributed by atoms with Gasteiger partial charge < -0.3 is 14.5 Å². The van der Waals surface area contributed by atoms with Gasteiger partial charge in [-0.2, -0.15) is 4.98 Å². The highest BCUT2D eigenvalue weighted by molar-refractivity contribution is 7.98. The molecular weight excluding hydrogens is 312 g/mol. The molecule has 0 radical (unpaired) electrons. The van der Waals surface area contributed by atoms with Gasteiger partial charge in [-0.25, -0.2) is 0 Å². The number of nitrogens with one attached hydrogen (secondary N) is 1. The quantitative estimate of drug-likeness (QED) is 0.720. The molecule has 1 atom stereocenters. The summed E-state index contributed by atoms with van der Waals surface area (Å²) in [5.74, 6) is 1.96. The van der Waals surface area contributed by atoms with Gasteiger partial charge in [-0.15, -0.1) is 10.2 Å². The highest BCUT2D eigenvalue weighted by Gasteiger charge is 2.27. The molecule has 1 aliphatic rings. The number of aromatic nitrogens is 3. The van der Waals surface area contributed by atoms with Crippen molar-refractivity contribution in [3.63, 3.8) is 0 Å². The number of para-hydroxylation sites is 1. The van der Waals surface area contributed by atoms with Crippen LogP contribution in [-0.4, -0.2) is 21.4 Å². The fourth-order valence-corrected chi connectivity index (χ4v) is 2.75. The number of nitrogens with zero attached hydrogens (tertiary/aromatic N) is 3. The molecule has 4 rings (SSSR count). The van der Waals surface area contributed by atoms with Crippen molar-refractivity contribution in [2.24, 2.45) is 0 Å². The van der Waals surface area contributed by atoms with E-state index >= 15 is 0 Å². The van der Waals surface area contributed by atoms with Gasteiger partial charge in [-0.1, -0.05) is 30.0 Å². The molecule has 2 aromatic heterocycles. The lowest BCUT2D eigenvalue weighted by atomic mass is 10.1. The van der Waals surface area contributed by atoms with E-state index in [1.165, 1.54) is 11.8 Å². The number of aryl methyl sites for hydroxylation is 1. The summed E-state index contributed by atoms with van der Waals surface area (Å²) in [5, 5.41) is 12.3. The molecule has 3 heterocycles. The number of furan rings is 1. The smallest absolute Gasteiger partial charge is 0.247 e. The predicted molar refractivity (Wildman–Crippen MR) is 87.5 cm³/mol. The van der Waals surface area contributed by atoms with Crippen LogP contribution in [-0.2, 0) is 0 Å². The van der Waals surface area contributed by atoms with Crippen molar-refractivity contribution in [2.45, 2.75) is 18.3 Å². The van der Waals surface area contributed by atoms with Gasteiger partial charge in [-0.3, -0.25) is 0 Å². The Labute approximate surface area is 137 Å². The first-order chi connectivity index (χ1) is 11.2. The Bertz CT molecular complexity index is 865. The monoisotopic (exact) mass is 326 g/mol. The Balaban J connectivity index is 1.87. The molecule has 1 aromatic carbocycles. The summed E-state index contributed by atoms with van der Waals surface area (Å²) in [5.41, 5.74) is 2.43. The van der Waals surface area contributed by atoms with Crippen molar-refractivity contribution >= 4 is 17.4 Å². The summed E-state index contributed by atoms with van der Waals surface area (Å²) in [6.45, 7) is 1.90. The Morgan fingerprint density at radius 2 is 2.00 bits per heavy atom. The van der Waals surface area contributed by atoms with E-state index in [2.05, 4.69) is 20.5 Å². The number of rotatable bonds is 2. The maximum absolute atomic E-state index is 6.05. The van der Waals surface area contributed by atoms with Crippen LogP contribution in [0, 0.1) is 6.92 Å². The average molecular weight is 326 g/mol. The lowest BCUT2D eigenvalue weighted by molar-refractivity contribution is 0.194. The Kier molecular flexibility index (Phi) is 3.42. The first kappa shape index (κ1) is 14.1. The number of benzene rings is 1. The van der Waals surface area contributed by atoms with Crippen molar-refractivity contribution in [1.29, 1.82) is 0 Å². The van der Waals surface area contributed by atoms with Crippen LogP contribution < -0.4 is 10.1 Å². The van der Waals surface area contributed by atoms with E-state index in [1.807, 2.05) is 49.6 Å². The summed E-state index contributed by atoms with van der Waals surface area (Å²) >= 11 is 1.42. The number of hydrogen-bond acceptors (Lipinski definition) is 7. The summed E-state index contributed by atoms with van der Waals surface area (Å²) in [6.07, 6.45) is 1.43. The van der Waals surface area contributed by atoms with Crippen LogP contribution in [0.3, 0.4) is 0 Å². The second kappa shape index (κ2) is 5.58. The van der Waals surface area contributed by atoms with Crippen molar-refractivity contribution in [2.75, 3.05) is 11.6 Å². The number of anilines is 1. The molecule has 0 unspecified atom stereocenters. The van der Waals surface area contributed by atoms with Crippen molar-refractivity contribution < 1.29 is 9.15 Å². The van der Waals surface area contributed by atoms with E-state index in [0.29, 0.717) is 22.5 Å². The normalized spacial score (nSPS) is 15.8. The number of ether oxygens (including phenoxy) is 1. The fraction of sp³-hybridized carbons (Fsp3) is 0.188. The molecule has 0 amide bonds. The average Bonchev–Trinajstić information content (AvgIpc) is 2.93. The molecule has 1 N–H and O–H groups in total. The van der Waals surface area contributed by atoms with E-state index in [-0.39, 0.29) is 0 Å². The number of fused-ring (bicyclic) bond motifs is 3. The number of thioether (sulfide) groups is 1. The highest BCUT2D eigenvalue weighted by atomic mass is 32.2. The third kappa shape index (κ3) is 2.53. The van der Waals surface area contributed by atoms with Crippen molar-refractivity contribution in [1.82, 2.24) is 15.2 Å². The summed E-state index contributed by atoms with van der Waals surface area (Å²) in [4.78, 5) is 4.46. The zero-order valence-corrected chi connectivity index (χ0v) is 13.4. The van der Waals surface area contributed by atoms with Gasteiger partial charge in [0.1, 0.15) is 5.76 Å². The zero-order valence-electron chi connectivity index (χ0n) is 12.6. The van der Waals surface area contributed by atoms with Crippen LogP contribution in [0.15, 0.2) is 46.0 Å². The van der Waals surface area contributed by atoms with Crippen LogP contribution in [0.25, 0.3) is 11.3 Å². The summed E-state index contributed by atoms with van der Waals surface area (Å²) in [6, 6.07) is 11.6. The van der Waals surface area contributed by atoms with Crippen LogP contribution >= 0.6 is 11.8 Å². The predicted octanol–water partition coefficient (Wildman–Crippen LogP) is 3.67. The van der Waals surface area contributed by atoms with Crippen molar-refractivity contribution in [3.05, 3.63) is 47.9 Å². The summed E-state index contributed by atoms with van der Waals surface area (Å²) in [7, 11) is 0. The molecule has 0 bridgehead atoms. The van der Waals surface area contributed by atoms with E-state index in [9.17, 15) is 0 Å². The molecule has 0 saturated carbocycles. The minimum atomic E-state index is -0.475. The maximum atomic E-state index is 6.05. The van der Waals surface area contributed by atoms with Gasteiger partial charge in [0.2, 0.25) is 17.3 Å². The molecular formula is C16H14N4O2S. The summed E-state index contributed by atoms with van der Waals surface area (Å²) < 4.78 is 11.8. The molecule has 0 aliphatic carbocycles. The molecule has 3 aromatic rings. The van der Waals surface area contributed by atoms with Crippen LogP contribution in [0.1, 0.15) is 17.7 Å². The van der Waals surface area contributed by atoms with E-state index < -0.39 is 6.23 Å². The van der Waals surface area contributed by atoms with Gasteiger partial charge in [0.25, 0.3) is 0 Å². The molecule has 23 heavy (non-hydrogen) atoms. The van der Waals surface area contributed by atoms with Gasteiger partial charge in [0, 0.05) is 11.3 Å². The Morgan fingerprint density at radius 1 is 1.13 bits per heavy atom. The molecule has 116 valence electrons. The topological polar surface area (TPSA) is 73.1 Å². The molecule has 7 heteroatoms. The van der Waals surface area contributed by atoms with E-state index in [0.717, 1.165) is 17.0 Å².